The molecule has 0 spiro atoms. The van der Waals surface area contributed by atoms with Gasteiger partial charge in [-0.05, 0) is 60.6 Å². The van der Waals surface area contributed by atoms with E-state index in [-0.39, 0.29) is 36.8 Å². The number of pyridine rings is 3. The number of carbonyl (C=O) groups excluding carboxylic acids is 2. The Morgan fingerprint density at radius 2 is 0.969 bits per heavy atom. The predicted octanol–water partition coefficient (Wildman–Crippen LogP) is 9.14. The van der Waals surface area contributed by atoms with Crippen molar-refractivity contribution in [3.8, 4) is 0 Å². The quantitative estimate of drug-likeness (QED) is 0.136. The summed E-state index contributed by atoms with van der Waals surface area (Å²) in [5.41, 5.74) is 6.69. The molecule has 0 aromatic carbocycles. The largest absolute Gasteiger partial charge is 0.443 e. The van der Waals surface area contributed by atoms with E-state index in [1.165, 1.54) is 11.3 Å². The minimum atomic E-state index is -0.409. The molecule has 0 unspecified atom stereocenters. The molecule has 0 atom stereocenters. The van der Waals surface area contributed by atoms with E-state index in [0.717, 1.165) is 74.9 Å². The van der Waals surface area contributed by atoms with Crippen molar-refractivity contribution in [2.45, 2.75) is 155 Å². The second-order valence-electron chi connectivity index (χ2n) is 12.8. The van der Waals surface area contributed by atoms with Crippen LogP contribution in [0.4, 0.5) is 9.59 Å². The molecule has 3 aromatic rings. The minimum Gasteiger partial charge on any atom is -0.443 e. The number of ether oxygens (including phenoxy) is 1. The van der Waals surface area contributed by atoms with Gasteiger partial charge in [-0.3, -0.25) is 29.5 Å². The van der Waals surface area contributed by atoms with Crippen LogP contribution in [0.5, 0.6) is 0 Å². The molecule has 9 heterocycles. The topological polar surface area (TPSA) is 160 Å². The minimum absolute atomic E-state index is 0. The van der Waals surface area contributed by atoms with Gasteiger partial charge in [-0.25, -0.2) is 4.79 Å². The summed E-state index contributed by atoms with van der Waals surface area (Å²) in [6.45, 7) is 37.2. The van der Waals surface area contributed by atoms with Gasteiger partial charge in [0.15, 0.2) is 0 Å². The summed E-state index contributed by atoms with van der Waals surface area (Å²) in [6.07, 6.45) is 5.08. The Morgan fingerprint density at radius 1 is 0.578 bits per heavy atom. The Balaban J connectivity index is -0.000000341. The Bertz CT molecular complexity index is 1470. The summed E-state index contributed by atoms with van der Waals surface area (Å²) < 4.78 is 5.39. The Morgan fingerprint density at radius 3 is 1.30 bits per heavy atom. The first-order valence-electron chi connectivity index (χ1n) is 23.5. The summed E-state index contributed by atoms with van der Waals surface area (Å²) in [5, 5.41) is 22.7. The number of amides is 2. The van der Waals surface area contributed by atoms with Crippen LogP contribution in [0, 0.1) is 0 Å². The van der Waals surface area contributed by atoms with Crippen LogP contribution in [-0.2, 0) is 44.0 Å². The number of aliphatic hydroxyl groups is 2. The molecule has 3 saturated heterocycles. The molecular formula is C48H89Cl2N9O5. The van der Waals surface area contributed by atoms with Gasteiger partial charge in [0.1, 0.15) is 6.10 Å². The number of likely N-dealkylation sites (tertiary alicyclic amines) is 2. The number of likely N-dealkylation sites (N-methyl/N-ethyl adjacent to an activating group) is 2. The van der Waals surface area contributed by atoms with Gasteiger partial charge in [0.05, 0.1) is 48.9 Å². The van der Waals surface area contributed by atoms with Gasteiger partial charge in [0, 0.05) is 77.5 Å². The number of hydrogen-bond acceptors (Lipinski definition) is 12. The molecule has 370 valence electrons. The summed E-state index contributed by atoms with van der Waals surface area (Å²) in [5.74, 6) is 0. The number of carbonyl (C=O) groups is 2. The highest BCUT2D eigenvalue weighted by Crippen LogP contribution is 2.23. The maximum atomic E-state index is 11.9. The monoisotopic (exact) mass is 942 g/mol. The molecule has 0 bridgehead atoms. The maximum absolute atomic E-state index is 11.9. The highest BCUT2D eigenvalue weighted by Gasteiger charge is 2.31. The van der Waals surface area contributed by atoms with E-state index >= 15 is 0 Å². The number of nitrogens with one attached hydrogen (secondary N) is 2. The highest BCUT2D eigenvalue weighted by atomic mass is 35.5. The predicted molar refractivity (Wildman–Crippen MR) is 270 cm³/mol. The van der Waals surface area contributed by atoms with Crippen LogP contribution >= 0.6 is 24.0 Å². The van der Waals surface area contributed by atoms with E-state index in [1.807, 2.05) is 148 Å². The number of hydrogen-bond donors (Lipinski definition) is 4. The van der Waals surface area contributed by atoms with Gasteiger partial charge < -0.3 is 35.4 Å². The molecule has 16 heteroatoms. The van der Waals surface area contributed by atoms with Gasteiger partial charge in [-0.15, -0.1) is 12.4 Å². The van der Waals surface area contributed by atoms with E-state index in [2.05, 4.69) is 41.5 Å². The average molecular weight is 943 g/mol. The third-order valence-corrected chi connectivity index (χ3v) is 8.81. The summed E-state index contributed by atoms with van der Waals surface area (Å²) in [6, 6.07) is 11.8. The van der Waals surface area contributed by atoms with Crippen molar-refractivity contribution in [2.24, 2.45) is 0 Å². The van der Waals surface area contributed by atoms with Gasteiger partial charge in [-0.1, -0.05) is 115 Å². The number of β-amino-alcohol motifs (C(OH)–C–C–N with tert-alkyl or cyclic N) is 2. The standard InChI is InChI=1S/C12H15N3O2.C8H7ClN2O.C7H8N2.C4H9NO.C3H7NO.7C2H6.ClH/c1-14-6-10(7-14)17-12(16)15-5-9-3-2-4-13-11(9)8-15;9-8(12)11-4-6-2-1-3-10-7(6)5-11;1-2-6-4-8-5-7(6)9-3-1;1-5-2-4(6)3-5;5-3-1-4-2-3;7*1-2;/h2-4,10H,5-8H2,1H3;1-3H,4-5H2;1-3,8H,4-5H2;4,6H,2-3H2,1H3;3-5H,1-2H2;7*1-2H3;1H. The Hall–Kier alpha value is -3.47. The lowest BCUT2D eigenvalue weighted by Crippen LogP contribution is -2.51. The summed E-state index contributed by atoms with van der Waals surface area (Å²) in [7, 11) is 4.01. The molecule has 4 N–H and O–H groups in total. The summed E-state index contributed by atoms with van der Waals surface area (Å²) >= 11 is 5.33. The Kier molecular flexibility index (Phi) is 45.5. The lowest BCUT2D eigenvalue weighted by molar-refractivity contribution is -0.0156. The fourth-order valence-corrected chi connectivity index (χ4v) is 5.75. The van der Waals surface area contributed by atoms with E-state index in [1.54, 1.807) is 22.2 Å². The average Bonchev–Trinajstić information content (AvgIpc) is 4.10. The molecule has 14 nitrogen and oxygen atoms in total. The van der Waals surface area contributed by atoms with Crippen molar-refractivity contribution in [3.05, 3.63) is 88.8 Å². The molecule has 6 aliphatic heterocycles. The smallest absolute Gasteiger partial charge is 0.410 e. The van der Waals surface area contributed by atoms with Crippen LogP contribution in [0.25, 0.3) is 0 Å². The van der Waals surface area contributed by atoms with Crippen molar-refractivity contribution < 1.29 is 24.5 Å². The van der Waals surface area contributed by atoms with Crippen LogP contribution < -0.4 is 10.6 Å². The fourth-order valence-electron chi connectivity index (χ4n) is 5.63. The third-order valence-electron chi connectivity index (χ3n) is 8.57. The molecule has 6 aliphatic rings. The van der Waals surface area contributed by atoms with Crippen molar-refractivity contribution in [1.82, 2.24) is 45.2 Å². The zero-order chi connectivity index (χ0) is 48.8. The second kappa shape index (κ2) is 43.4. The van der Waals surface area contributed by atoms with Crippen LogP contribution in [0.15, 0.2) is 55.0 Å². The van der Waals surface area contributed by atoms with Crippen molar-refractivity contribution >= 4 is 35.5 Å². The first-order chi connectivity index (χ1) is 30.6. The second-order valence-corrected chi connectivity index (χ2v) is 13.1. The zero-order valence-electron chi connectivity index (χ0n) is 42.4. The van der Waals surface area contributed by atoms with Crippen molar-refractivity contribution in [2.75, 3.05) is 53.4 Å². The fraction of sp³-hybridized carbons (Fsp3) is 0.646. The SMILES string of the molecule is CC.CC.CC.CC.CC.CC.CC.CN1CC(O)C1.CN1CC(OC(=O)N2Cc3cccnc3C2)C1.Cl.O=C(Cl)N1Cc2cccnc2C1.OC1CNC1.c1cnc2c(c1)CNC2. The highest BCUT2D eigenvalue weighted by molar-refractivity contribution is 6.62. The van der Waals surface area contributed by atoms with Crippen LogP contribution in [-0.4, -0.2) is 128 Å². The van der Waals surface area contributed by atoms with Crippen LogP contribution in [0.3, 0.4) is 0 Å². The van der Waals surface area contributed by atoms with Crippen molar-refractivity contribution in [3.63, 3.8) is 0 Å². The molecule has 3 aromatic heterocycles. The number of aromatic nitrogens is 3. The van der Waals surface area contributed by atoms with Crippen LogP contribution in [0.1, 0.15) is 131 Å². The van der Waals surface area contributed by atoms with Gasteiger partial charge in [0.25, 0.3) is 0 Å². The molecule has 3 fully saturated rings. The Labute approximate surface area is 400 Å². The first kappa shape index (κ1) is 67.1. The lowest BCUT2D eigenvalue weighted by atomic mass is 10.2. The normalized spacial score (nSPS) is 15.4. The number of rotatable bonds is 1. The molecule has 9 rings (SSSR count). The molecule has 0 radical (unpaired) electrons. The third kappa shape index (κ3) is 26.5. The summed E-state index contributed by atoms with van der Waals surface area (Å²) in [4.78, 5) is 42.7. The van der Waals surface area contributed by atoms with E-state index in [0.29, 0.717) is 26.2 Å². The van der Waals surface area contributed by atoms with E-state index in [4.69, 9.17) is 26.6 Å². The van der Waals surface area contributed by atoms with Gasteiger partial charge in [-0.2, -0.15) is 0 Å². The zero-order valence-corrected chi connectivity index (χ0v) is 44.0. The van der Waals surface area contributed by atoms with Crippen molar-refractivity contribution in [1.29, 1.82) is 0 Å². The molecule has 0 aliphatic carbocycles. The maximum Gasteiger partial charge on any atom is 0.410 e. The molecule has 2 amide bonds. The number of nitrogens with zero attached hydrogens (tertiary/aromatic N) is 7. The number of halogens is 2. The van der Waals surface area contributed by atoms with Gasteiger partial charge >= 0.3 is 11.5 Å². The van der Waals surface area contributed by atoms with Gasteiger partial charge in [0.2, 0.25) is 0 Å². The number of fused-ring (bicyclic) bond motifs is 3. The van der Waals surface area contributed by atoms with E-state index < -0.39 is 5.37 Å². The molecule has 64 heavy (non-hydrogen) atoms. The van der Waals surface area contributed by atoms with E-state index in [9.17, 15) is 9.59 Å². The lowest BCUT2D eigenvalue weighted by Gasteiger charge is -2.36. The first-order valence-corrected chi connectivity index (χ1v) is 23.8. The number of aliphatic hydroxyl groups excluding tert-OH is 2. The molecule has 0 saturated carbocycles. The molecular weight excluding hydrogens is 853 g/mol. The van der Waals surface area contributed by atoms with Crippen LogP contribution in [0.2, 0.25) is 0 Å².